The zero-order chi connectivity index (χ0) is 10.8. The molecule has 82 valence electrons. The van der Waals surface area contributed by atoms with E-state index < -0.39 is 0 Å². The molecule has 2 N–H and O–H groups in total. The number of rotatable bonds is 2. The molecule has 1 atom stereocenters. The topological polar surface area (TPSA) is 29.3 Å². The molecule has 1 unspecified atom stereocenters. The van der Waals surface area contributed by atoms with Crippen molar-refractivity contribution in [2.24, 2.45) is 11.7 Å². The second-order valence-electron chi connectivity index (χ2n) is 3.93. The normalized spacial score (nSPS) is 21.0. The van der Waals surface area contributed by atoms with Crippen molar-refractivity contribution in [1.82, 2.24) is 0 Å². The Morgan fingerprint density at radius 3 is 2.93 bits per heavy atom. The molecular weight excluding hydrogens is 215 g/mol. The maximum absolute atomic E-state index is 13.0. The molecule has 2 nitrogen and oxygen atoms in total. The van der Waals surface area contributed by atoms with Crippen LogP contribution in [0.2, 0.25) is 5.02 Å². The molecule has 1 fully saturated rings. The minimum atomic E-state index is -0.366. The van der Waals surface area contributed by atoms with Crippen molar-refractivity contribution in [3.8, 4) is 0 Å². The smallest absolute Gasteiger partial charge is 0.141 e. The fourth-order valence-corrected chi connectivity index (χ4v) is 2.12. The molecule has 0 aromatic heterocycles. The standard InChI is InChI=1S/C11H14ClFN2/c12-10-5-9(1-2-11(10)13)15-4-3-8(6-14)7-15/h1-2,5,8H,3-4,6-7,14H2. The van der Waals surface area contributed by atoms with Crippen molar-refractivity contribution < 1.29 is 4.39 Å². The minimum absolute atomic E-state index is 0.184. The van der Waals surface area contributed by atoms with Gasteiger partial charge in [0, 0.05) is 18.8 Å². The predicted octanol–water partition coefficient (Wildman–Crippen LogP) is 2.26. The summed E-state index contributed by atoms with van der Waals surface area (Å²) in [4.78, 5) is 2.20. The van der Waals surface area contributed by atoms with Gasteiger partial charge in [-0.25, -0.2) is 4.39 Å². The van der Waals surface area contributed by atoms with Gasteiger partial charge in [-0.1, -0.05) is 11.6 Å². The summed E-state index contributed by atoms with van der Waals surface area (Å²) >= 11 is 5.74. The van der Waals surface area contributed by atoms with E-state index in [4.69, 9.17) is 17.3 Å². The highest BCUT2D eigenvalue weighted by Crippen LogP contribution is 2.27. The number of benzene rings is 1. The van der Waals surface area contributed by atoms with E-state index in [1.54, 1.807) is 12.1 Å². The van der Waals surface area contributed by atoms with Crippen LogP contribution < -0.4 is 10.6 Å². The first-order valence-electron chi connectivity index (χ1n) is 5.11. The summed E-state index contributed by atoms with van der Waals surface area (Å²) in [5, 5.41) is 0.184. The summed E-state index contributed by atoms with van der Waals surface area (Å²) in [6.07, 6.45) is 1.10. The van der Waals surface area contributed by atoms with Crippen LogP contribution in [0, 0.1) is 11.7 Å². The van der Waals surface area contributed by atoms with E-state index in [2.05, 4.69) is 4.90 Å². The van der Waals surface area contributed by atoms with E-state index in [0.717, 1.165) is 25.2 Å². The Morgan fingerprint density at radius 1 is 1.53 bits per heavy atom. The first-order chi connectivity index (χ1) is 7.20. The average molecular weight is 229 g/mol. The van der Waals surface area contributed by atoms with Gasteiger partial charge in [-0.3, -0.25) is 0 Å². The molecule has 1 aromatic carbocycles. The molecule has 1 aromatic rings. The van der Waals surface area contributed by atoms with Crippen LogP contribution in [0.4, 0.5) is 10.1 Å². The van der Waals surface area contributed by atoms with Crippen molar-refractivity contribution in [2.45, 2.75) is 6.42 Å². The van der Waals surface area contributed by atoms with E-state index in [-0.39, 0.29) is 10.8 Å². The molecule has 0 bridgehead atoms. The second kappa shape index (κ2) is 4.37. The van der Waals surface area contributed by atoms with Crippen molar-refractivity contribution >= 4 is 17.3 Å². The number of nitrogens with two attached hydrogens (primary N) is 1. The Hall–Kier alpha value is -0.800. The van der Waals surface area contributed by atoms with Crippen LogP contribution in [0.1, 0.15) is 6.42 Å². The molecule has 1 heterocycles. The van der Waals surface area contributed by atoms with Crippen LogP contribution >= 0.6 is 11.6 Å². The molecule has 0 amide bonds. The lowest BCUT2D eigenvalue weighted by Gasteiger charge is -2.18. The Balaban J connectivity index is 2.13. The number of hydrogen-bond donors (Lipinski definition) is 1. The molecular formula is C11H14ClFN2. The fourth-order valence-electron chi connectivity index (χ4n) is 1.94. The molecule has 15 heavy (non-hydrogen) atoms. The summed E-state index contributed by atoms with van der Waals surface area (Å²) < 4.78 is 13.0. The molecule has 0 saturated carbocycles. The molecule has 0 radical (unpaired) electrons. The SMILES string of the molecule is NCC1CCN(c2ccc(F)c(Cl)c2)C1. The predicted molar refractivity (Wildman–Crippen MR) is 60.8 cm³/mol. The molecule has 0 spiro atoms. The summed E-state index contributed by atoms with van der Waals surface area (Å²) in [5.41, 5.74) is 6.60. The van der Waals surface area contributed by atoms with Crippen molar-refractivity contribution in [3.05, 3.63) is 29.0 Å². The van der Waals surface area contributed by atoms with Crippen LogP contribution in [0.15, 0.2) is 18.2 Å². The third kappa shape index (κ3) is 2.24. The van der Waals surface area contributed by atoms with Crippen LogP contribution in [-0.4, -0.2) is 19.6 Å². The van der Waals surface area contributed by atoms with E-state index in [0.29, 0.717) is 12.5 Å². The summed E-state index contributed by atoms with van der Waals surface area (Å²) in [6, 6.07) is 4.85. The van der Waals surface area contributed by atoms with Crippen LogP contribution in [0.3, 0.4) is 0 Å². The molecule has 4 heteroatoms. The summed E-state index contributed by atoms with van der Waals surface area (Å²) in [5.74, 6) is 0.184. The van der Waals surface area contributed by atoms with Gasteiger partial charge in [0.15, 0.2) is 0 Å². The first-order valence-corrected chi connectivity index (χ1v) is 5.48. The Bertz CT molecular complexity index is 356. The van der Waals surface area contributed by atoms with Crippen LogP contribution in [0.5, 0.6) is 0 Å². The van der Waals surface area contributed by atoms with Crippen LogP contribution in [-0.2, 0) is 0 Å². The largest absolute Gasteiger partial charge is 0.371 e. The van der Waals surface area contributed by atoms with Gasteiger partial charge in [-0.2, -0.15) is 0 Å². The van der Waals surface area contributed by atoms with Crippen molar-refractivity contribution in [1.29, 1.82) is 0 Å². The van der Waals surface area contributed by atoms with Gasteiger partial charge < -0.3 is 10.6 Å². The Morgan fingerprint density at radius 2 is 2.33 bits per heavy atom. The van der Waals surface area contributed by atoms with Gasteiger partial charge in [-0.15, -0.1) is 0 Å². The van der Waals surface area contributed by atoms with Crippen molar-refractivity contribution in [3.63, 3.8) is 0 Å². The Kier molecular flexibility index (Phi) is 3.12. The third-order valence-corrected chi connectivity index (χ3v) is 3.18. The molecule has 2 rings (SSSR count). The van der Waals surface area contributed by atoms with Gasteiger partial charge >= 0.3 is 0 Å². The lowest BCUT2D eigenvalue weighted by Crippen LogP contribution is -2.22. The minimum Gasteiger partial charge on any atom is -0.371 e. The maximum Gasteiger partial charge on any atom is 0.141 e. The Labute approximate surface area is 93.8 Å². The lowest BCUT2D eigenvalue weighted by atomic mass is 10.1. The highest BCUT2D eigenvalue weighted by atomic mass is 35.5. The van der Waals surface area contributed by atoms with Gasteiger partial charge in [-0.05, 0) is 37.1 Å². The molecule has 1 aliphatic heterocycles. The monoisotopic (exact) mass is 228 g/mol. The maximum atomic E-state index is 13.0. The van der Waals surface area contributed by atoms with E-state index in [1.165, 1.54) is 6.07 Å². The quantitative estimate of drug-likeness (QED) is 0.842. The highest BCUT2D eigenvalue weighted by molar-refractivity contribution is 6.31. The number of halogens is 2. The molecule has 1 aliphatic rings. The fraction of sp³-hybridized carbons (Fsp3) is 0.455. The van der Waals surface area contributed by atoms with Gasteiger partial charge in [0.1, 0.15) is 5.82 Å². The third-order valence-electron chi connectivity index (χ3n) is 2.89. The second-order valence-corrected chi connectivity index (χ2v) is 4.34. The van der Waals surface area contributed by atoms with Crippen molar-refractivity contribution in [2.75, 3.05) is 24.5 Å². The first kappa shape index (κ1) is 10.7. The van der Waals surface area contributed by atoms with Gasteiger partial charge in [0.2, 0.25) is 0 Å². The number of anilines is 1. The zero-order valence-corrected chi connectivity index (χ0v) is 9.17. The average Bonchev–Trinajstić information content (AvgIpc) is 2.70. The summed E-state index contributed by atoms with van der Waals surface area (Å²) in [7, 11) is 0. The van der Waals surface area contributed by atoms with E-state index in [9.17, 15) is 4.39 Å². The van der Waals surface area contributed by atoms with Gasteiger partial charge in [0.05, 0.1) is 5.02 Å². The number of hydrogen-bond acceptors (Lipinski definition) is 2. The van der Waals surface area contributed by atoms with Crippen LogP contribution in [0.25, 0.3) is 0 Å². The van der Waals surface area contributed by atoms with Gasteiger partial charge in [0.25, 0.3) is 0 Å². The molecule has 0 aliphatic carbocycles. The molecule has 1 saturated heterocycles. The summed E-state index contributed by atoms with van der Waals surface area (Å²) in [6.45, 7) is 2.63. The zero-order valence-electron chi connectivity index (χ0n) is 8.42. The number of nitrogens with zero attached hydrogens (tertiary/aromatic N) is 1. The lowest BCUT2D eigenvalue weighted by molar-refractivity contribution is 0.602. The van der Waals surface area contributed by atoms with E-state index >= 15 is 0 Å². The highest BCUT2D eigenvalue weighted by Gasteiger charge is 2.21. The van der Waals surface area contributed by atoms with E-state index in [1.807, 2.05) is 0 Å².